The second-order valence-electron chi connectivity index (χ2n) is 2.79. The maximum Gasteiger partial charge on any atom is 0.240 e. The van der Waals surface area contributed by atoms with Crippen LogP contribution in [0.2, 0.25) is 5.15 Å². The monoisotopic (exact) mass is 246 g/mol. The zero-order valence-corrected chi connectivity index (χ0v) is 9.55. The summed E-state index contributed by atoms with van der Waals surface area (Å²) in [6.45, 7) is 3.83. The first kappa shape index (κ1) is 12.2. The van der Waals surface area contributed by atoms with Crippen LogP contribution in [-0.2, 0) is 10.0 Å². The molecule has 0 spiro atoms. The van der Waals surface area contributed by atoms with Gasteiger partial charge < -0.3 is 0 Å². The summed E-state index contributed by atoms with van der Waals surface area (Å²) in [7, 11) is -3.48. The molecule has 0 amide bonds. The molecule has 0 atom stereocenters. The van der Waals surface area contributed by atoms with Gasteiger partial charge in [-0.15, -0.1) is 6.58 Å². The molecule has 0 unspecified atom stereocenters. The van der Waals surface area contributed by atoms with Crippen molar-refractivity contribution in [2.45, 2.75) is 11.3 Å². The minimum atomic E-state index is -3.48. The third kappa shape index (κ3) is 3.62. The van der Waals surface area contributed by atoms with E-state index in [-0.39, 0.29) is 10.0 Å². The molecule has 1 N–H and O–H groups in total. The number of hydrogen-bond donors (Lipinski definition) is 1. The Morgan fingerprint density at radius 2 is 2.33 bits per heavy atom. The van der Waals surface area contributed by atoms with E-state index in [0.29, 0.717) is 13.0 Å². The minimum Gasteiger partial charge on any atom is -0.244 e. The molecule has 0 aliphatic carbocycles. The second kappa shape index (κ2) is 5.25. The van der Waals surface area contributed by atoms with Crippen LogP contribution in [0.15, 0.2) is 35.9 Å². The van der Waals surface area contributed by atoms with Crippen LogP contribution in [0.1, 0.15) is 6.42 Å². The molecule has 82 valence electrons. The van der Waals surface area contributed by atoms with Gasteiger partial charge in [0.05, 0.1) is 4.90 Å². The summed E-state index contributed by atoms with van der Waals surface area (Å²) in [4.78, 5) is 3.82. The molecular formula is C9H11ClN2O2S. The van der Waals surface area contributed by atoms with E-state index >= 15 is 0 Å². The zero-order valence-electron chi connectivity index (χ0n) is 7.98. The molecule has 4 nitrogen and oxygen atoms in total. The maximum atomic E-state index is 11.6. The van der Waals surface area contributed by atoms with Gasteiger partial charge in [-0.25, -0.2) is 18.1 Å². The van der Waals surface area contributed by atoms with Crippen LogP contribution in [0.25, 0.3) is 0 Å². The van der Waals surface area contributed by atoms with Gasteiger partial charge in [0.2, 0.25) is 10.0 Å². The van der Waals surface area contributed by atoms with Crippen LogP contribution in [0.3, 0.4) is 0 Å². The van der Waals surface area contributed by atoms with Gasteiger partial charge in [-0.2, -0.15) is 0 Å². The van der Waals surface area contributed by atoms with Crippen LogP contribution >= 0.6 is 11.6 Å². The normalized spacial score (nSPS) is 11.3. The van der Waals surface area contributed by atoms with E-state index in [9.17, 15) is 8.42 Å². The van der Waals surface area contributed by atoms with Crippen molar-refractivity contribution in [3.05, 3.63) is 36.1 Å². The fourth-order valence-corrected chi connectivity index (χ4v) is 2.23. The van der Waals surface area contributed by atoms with Crippen LogP contribution in [0.5, 0.6) is 0 Å². The van der Waals surface area contributed by atoms with Crippen molar-refractivity contribution in [3.8, 4) is 0 Å². The van der Waals surface area contributed by atoms with E-state index in [4.69, 9.17) is 11.6 Å². The lowest BCUT2D eigenvalue weighted by molar-refractivity contribution is 0.582. The molecule has 0 aliphatic heterocycles. The van der Waals surface area contributed by atoms with Crippen molar-refractivity contribution < 1.29 is 8.42 Å². The van der Waals surface area contributed by atoms with Crippen molar-refractivity contribution >= 4 is 21.6 Å². The quantitative estimate of drug-likeness (QED) is 0.488. The predicted molar refractivity (Wildman–Crippen MR) is 59.2 cm³/mol. The molecule has 0 saturated heterocycles. The lowest BCUT2D eigenvalue weighted by atomic mass is 10.4. The first-order chi connectivity index (χ1) is 7.06. The van der Waals surface area contributed by atoms with Crippen molar-refractivity contribution in [2.24, 2.45) is 0 Å². The second-order valence-corrected chi connectivity index (χ2v) is 4.94. The number of aromatic nitrogens is 1. The van der Waals surface area contributed by atoms with Crippen molar-refractivity contribution in [1.29, 1.82) is 0 Å². The van der Waals surface area contributed by atoms with Crippen LogP contribution in [0.4, 0.5) is 0 Å². The average Bonchev–Trinajstić information content (AvgIpc) is 2.18. The van der Waals surface area contributed by atoms with Gasteiger partial charge >= 0.3 is 0 Å². The zero-order chi connectivity index (χ0) is 11.3. The molecule has 1 heterocycles. The van der Waals surface area contributed by atoms with E-state index in [0.717, 1.165) is 0 Å². The average molecular weight is 247 g/mol. The first-order valence-electron chi connectivity index (χ1n) is 4.28. The molecular weight excluding hydrogens is 236 g/mol. The minimum absolute atomic E-state index is 0.117. The number of sulfonamides is 1. The van der Waals surface area contributed by atoms with E-state index in [1.54, 1.807) is 6.08 Å². The first-order valence-corrected chi connectivity index (χ1v) is 6.14. The smallest absolute Gasteiger partial charge is 0.240 e. The summed E-state index contributed by atoms with van der Waals surface area (Å²) >= 11 is 5.59. The Kier molecular flexibility index (Phi) is 4.26. The van der Waals surface area contributed by atoms with Crippen LogP contribution < -0.4 is 4.72 Å². The van der Waals surface area contributed by atoms with Crippen molar-refractivity contribution in [3.63, 3.8) is 0 Å². The number of pyridine rings is 1. The standard InChI is InChI=1S/C9H11ClN2O2S/c1-2-3-5-12-15(13,14)8-4-6-11-9(10)7-8/h2,4,6-7,12H,1,3,5H2. The number of nitrogens with one attached hydrogen (secondary N) is 1. The summed E-state index contributed by atoms with van der Waals surface area (Å²) < 4.78 is 25.7. The fraction of sp³-hybridized carbons (Fsp3) is 0.222. The molecule has 15 heavy (non-hydrogen) atoms. The van der Waals surface area contributed by atoms with Gasteiger partial charge in [0.25, 0.3) is 0 Å². The third-order valence-corrected chi connectivity index (χ3v) is 3.31. The van der Waals surface area contributed by atoms with E-state index in [1.165, 1.54) is 18.3 Å². The Balaban J connectivity index is 2.82. The van der Waals surface area contributed by atoms with Crippen molar-refractivity contribution in [1.82, 2.24) is 9.71 Å². The van der Waals surface area contributed by atoms with Gasteiger partial charge in [-0.3, -0.25) is 0 Å². The molecule has 0 saturated carbocycles. The molecule has 0 fully saturated rings. The molecule has 1 rings (SSSR count). The van der Waals surface area contributed by atoms with Gasteiger partial charge in [0, 0.05) is 12.7 Å². The van der Waals surface area contributed by atoms with Crippen molar-refractivity contribution in [2.75, 3.05) is 6.54 Å². The highest BCUT2D eigenvalue weighted by atomic mass is 35.5. The van der Waals surface area contributed by atoms with Crippen LogP contribution in [0, 0.1) is 0 Å². The van der Waals surface area contributed by atoms with Gasteiger partial charge in [-0.05, 0) is 18.6 Å². The fourth-order valence-electron chi connectivity index (χ4n) is 0.931. The van der Waals surface area contributed by atoms with E-state index < -0.39 is 10.0 Å². The maximum absolute atomic E-state index is 11.6. The lowest BCUT2D eigenvalue weighted by Crippen LogP contribution is -2.24. The number of halogens is 1. The highest BCUT2D eigenvalue weighted by Gasteiger charge is 2.13. The third-order valence-electron chi connectivity index (χ3n) is 1.65. The van der Waals surface area contributed by atoms with Gasteiger partial charge in [0.1, 0.15) is 5.15 Å². The Labute approximate surface area is 94.0 Å². The Bertz CT molecular complexity index is 445. The molecule has 1 aromatic heterocycles. The predicted octanol–water partition coefficient (Wildman–Crippen LogP) is 1.59. The summed E-state index contributed by atoms with van der Waals surface area (Å²) in [5.74, 6) is 0. The Hall–Kier alpha value is -0.910. The Morgan fingerprint density at radius 3 is 2.93 bits per heavy atom. The molecule has 0 aliphatic rings. The topological polar surface area (TPSA) is 59.1 Å². The van der Waals surface area contributed by atoms with E-state index in [1.807, 2.05) is 0 Å². The highest BCUT2D eigenvalue weighted by Crippen LogP contribution is 2.12. The highest BCUT2D eigenvalue weighted by molar-refractivity contribution is 7.89. The van der Waals surface area contributed by atoms with E-state index in [2.05, 4.69) is 16.3 Å². The summed E-state index contributed by atoms with van der Waals surface area (Å²) in [6.07, 6.45) is 3.57. The van der Waals surface area contributed by atoms with Crippen LogP contribution in [-0.4, -0.2) is 19.9 Å². The SMILES string of the molecule is C=CCCNS(=O)(=O)c1ccnc(Cl)c1. The molecule has 0 aromatic carbocycles. The summed E-state index contributed by atoms with van der Waals surface area (Å²) in [6, 6.07) is 2.69. The summed E-state index contributed by atoms with van der Waals surface area (Å²) in [5, 5.41) is 0.154. The molecule has 6 heteroatoms. The van der Waals surface area contributed by atoms with Gasteiger partial charge in [-0.1, -0.05) is 17.7 Å². The summed E-state index contributed by atoms with van der Waals surface area (Å²) in [5.41, 5.74) is 0. The molecule has 0 radical (unpaired) electrons. The Morgan fingerprint density at radius 1 is 1.60 bits per heavy atom. The number of nitrogens with zero attached hydrogens (tertiary/aromatic N) is 1. The number of rotatable bonds is 5. The molecule has 0 bridgehead atoms. The van der Waals surface area contributed by atoms with Gasteiger partial charge in [0.15, 0.2) is 0 Å². The molecule has 1 aromatic rings. The number of hydrogen-bond acceptors (Lipinski definition) is 3. The largest absolute Gasteiger partial charge is 0.244 e. The lowest BCUT2D eigenvalue weighted by Gasteiger charge is -2.04.